The SMILES string of the molecule is O=C(CC(O)(CC(=O)NC(CCCCN(O)C(=O)/C=C/c1ccccc1)C(=O)O)C(=O)O)NC(CCCCN(O)C(=O)/C=C/c1ccccc1)C(=O)O. The van der Waals surface area contributed by atoms with Crippen molar-refractivity contribution in [2.24, 2.45) is 0 Å². The molecule has 2 aromatic rings. The van der Waals surface area contributed by atoms with Crippen LogP contribution in [0.5, 0.6) is 0 Å². The zero-order valence-corrected chi connectivity index (χ0v) is 28.7. The van der Waals surface area contributed by atoms with Gasteiger partial charge in [0.2, 0.25) is 11.8 Å². The Hall–Kier alpha value is -5.91. The van der Waals surface area contributed by atoms with Crippen LogP contribution in [0.25, 0.3) is 12.2 Å². The van der Waals surface area contributed by atoms with E-state index in [-0.39, 0.29) is 51.6 Å². The molecule has 2 rings (SSSR count). The first kappa shape index (κ1) is 43.3. The molecule has 0 saturated heterocycles. The second kappa shape index (κ2) is 22.1. The van der Waals surface area contributed by atoms with Crippen molar-refractivity contribution in [3.63, 3.8) is 0 Å². The Morgan fingerprint density at radius 2 is 0.962 bits per heavy atom. The van der Waals surface area contributed by atoms with Crippen molar-refractivity contribution in [1.29, 1.82) is 0 Å². The summed E-state index contributed by atoms with van der Waals surface area (Å²) in [7, 11) is 0. The lowest BCUT2D eigenvalue weighted by Crippen LogP contribution is -2.51. The highest BCUT2D eigenvalue weighted by Gasteiger charge is 2.42. The number of carbonyl (C=O) groups is 7. The predicted molar refractivity (Wildman–Crippen MR) is 187 cm³/mol. The Morgan fingerprint density at radius 3 is 1.28 bits per heavy atom. The van der Waals surface area contributed by atoms with Crippen LogP contribution >= 0.6 is 0 Å². The second-order valence-corrected chi connectivity index (χ2v) is 12.0. The van der Waals surface area contributed by atoms with Gasteiger partial charge in [0, 0.05) is 25.2 Å². The molecule has 0 aliphatic carbocycles. The van der Waals surface area contributed by atoms with Crippen LogP contribution in [0.4, 0.5) is 0 Å². The van der Waals surface area contributed by atoms with Gasteiger partial charge in [-0.2, -0.15) is 0 Å². The van der Waals surface area contributed by atoms with E-state index in [1.54, 1.807) is 60.7 Å². The number of amides is 4. The van der Waals surface area contributed by atoms with Gasteiger partial charge in [0.05, 0.1) is 12.8 Å². The maximum atomic E-state index is 12.6. The molecular formula is C36H44N4O13. The van der Waals surface area contributed by atoms with Crippen molar-refractivity contribution in [2.45, 2.75) is 69.1 Å². The normalized spacial score (nSPS) is 13.4. The standard InChI is InChI=1S/C36H44N4O13/c41-29(37-27(33(45)46)15-7-9-21-39(52)31(43)19-17-25-11-3-1-4-12-25)23-36(51,35(49)50)24-30(42)38-28(34(47)48)16-8-10-22-40(53)32(44)20-18-26-13-5-2-6-14-26/h1-6,11-14,17-20,27-28,51-53H,7-10,15-16,21-24H2,(H,37,41)(H,38,42)(H,45,46)(H,47,48)(H,49,50)/b19-17+,20-18+. The summed E-state index contributed by atoms with van der Waals surface area (Å²) in [5.74, 6) is -8.84. The number of nitrogens with zero attached hydrogens (tertiary/aromatic N) is 2. The van der Waals surface area contributed by atoms with Gasteiger partial charge in [-0.1, -0.05) is 60.7 Å². The summed E-state index contributed by atoms with van der Waals surface area (Å²) in [6.45, 7) is -0.314. The van der Waals surface area contributed by atoms with Crippen molar-refractivity contribution >= 4 is 53.7 Å². The van der Waals surface area contributed by atoms with E-state index in [4.69, 9.17) is 0 Å². The lowest BCUT2D eigenvalue weighted by atomic mass is 9.94. The first-order valence-electron chi connectivity index (χ1n) is 16.6. The topological polar surface area (TPSA) is 271 Å². The van der Waals surface area contributed by atoms with E-state index in [9.17, 15) is 64.4 Å². The number of benzene rings is 2. The number of aliphatic hydroxyl groups is 1. The highest BCUT2D eigenvalue weighted by Crippen LogP contribution is 2.18. The summed E-state index contributed by atoms with van der Waals surface area (Å²) in [6, 6.07) is 14.6. The van der Waals surface area contributed by atoms with E-state index in [1.807, 2.05) is 0 Å². The molecule has 0 fully saturated rings. The summed E-state index contributed by atoms with van der Waals surface area (Å²) in [5, 5.41) is 64.3. The first-order valence-corrected chi connectivity index (χ1v) is 16.6. The maximum Gasteiger partial charge on any atom is 0.336 e. The zero-order valence-electron chi connectivity index (χ0n) is 28.7. The third-order valence-corrected chi connectivity index (χ3v) is 7.74. The van der Waals surface area contributed by atoms with Crippen molar-refractivity contribution in [3.8, 4) is 0 Å². The van der Waals surface area contributed by atoms with Crippen LogP contribution in [0, 0.1) is 0 Å². The Labute approximate surface area is 304 Å². The van der Waals surface area contributed by atoms with E-state index in [1.165, 1.54) is 12.2 Å². The molecule has 0 spiro atoms. The fourth-order valence-corrected chi connectivity index (χ4v) is 4.83. The maximum absolute atomic E-state index is 12.6. The highest BCUT2D eigenvalue weighted by atomic mass is 16.5. The van der Waals surface area contributed by atoms with Crippen LogP contribution in [0.2, 0.25) is 0 Å². The molecule has 0 saturated carbocycles. The fourth-order valence-electron chi connectivity index (χ4n) is 4.83. The molecule has 4 amide bonds. The Balaban J connectivity index is 1.82. The smallest absolute Gasteiger partial charge is 0.336 e. The molecule has 0 heterocycles. The molecule has 17 heteroatoms. The minimum Gasteiger partial charge on any atom is -0.480 e. The number of carboxylic acid groups (broad SMARTS) is 3. The van der Waals surface area contributed by atoms with Crippen molar-refractivity contribution in [1.82, 2.24) is 20.8 Å². The third kappa shape index (κ3) is 16.3. The number of aliphatic carboxylic acids is 3. The first-order chi connectivity index (χ1) is 25.1. The number of rotatable bonds is 23. The predicted octanol–water partition coefficient (Wildman–Crippen LogP) is 1.92. The molecule has 17 nitrogen and oxygen atoms in total. The van der Waals surface area contributed by atoms with E-state index in [2.05, 4.69) is 10.6 Å². The Bertz CT molecular complexity index is 1510. The number of unbranched alkanes of at least 4 members (excludes halogenated alkanes) is 2. The summed E-state index contributed by atoms with van der Waals surface area (Å²) in [6.07, 6.45) is 2.90. The molecule has 0 aromatic heterocycles. The molecule has 0 bridgehead atoms. The molecular weight excluding hydrogens is 696 g/mol. The average Bonchev–Trinajstić information content (AvgIpc) is 3.12. The number of nitrogens with one attached hydrogen (secondary N) is 2. The summed E-state index contributed by atoms with van der Waals surface area (Å²) < 4.78 is 0. The molecule has 0 aliphatic rings. The van der Waals surface area contributed by atoms with E-state index >= 15 is 0 Å². The van der Waals surface area contributed by atoms with Crippen LogP contribution in [0.15, 0.2) is 72.8 Å². The van der Waals surface area contributed by atoms with Gasteiger partial charge in [0.1, 0.15) is 12.1 Å². The summed E-state index contributed by atoms with van der Waals surface area (Å²) in [5.41, 5.74) is -1.57. The fraction of sp³-hybridized carbons (Fsp3) is 0.361. The molecule has 2 atom stereocenters. The van der Waals surface area contributed by atoms with Crippen molar-refractivity contribution < 1.29 is 64.4 Å². The molecule has 53 heavy (non-hydrogen) atoms. The lowest BCUT2D eigenvalue weighted by Gasteiger charge is -2.24. The van der Waals surface area contributed by atoms with Crippen LogP contribution in [-0.2, 0) is 33.6 Å². The molecule has 8 N–H and O–H groups in total. The number of hydroxylamine groups is 4. The molecule has 0 radical (unpaired) electrons. The van der Waals surface area contributed by atoms with Gasteiger partial charge in [-0.25, -0.2) is 24.5 Å². The monoisotopic (exact) mass is 740 g/mol. The zero-order chi connectivity index (χ0) is 39.4. The Kier molecular flexibility index (Phi) is 18.1. The average molecular weight is 741 g/mol. The van der Waals surface area contributed by atoms with Crippen molar-refractivity contribution in [3.05, 3.63) is 83.9 Å². The summed E-state index contributed by atoms with van der Waals surface area (Å²) >= 11 is 0. The number of carboxylic acids is 3. The largest absolute Gasteiger partial charge is 0.480 e. The van der Waals surface area contributed by atoms with Gasteiger partial charge >= 0.3 is 17.9 Å². The lowest BCUT2D eigenvalue weighted by molar-refractivity contribution is -0.165. The van der Waals surface area contributed by atoms with Crippen LogP contribution in [0.1, 0.15) is 62.5 Å². The van der Waals surface area contributed by atoms with Crippen LogP contribution in [0.3, 0.4) is 0 Å². The van der Waals surface area contributed by atoms with Gasteiger partial charge in [0.25, 0.3) is 11.8 Å². The van der Waals surface area contributed by atoms with Gasteiger partial charge in [-0.05, 0) is 61.8 Å². The third-order valence-electron chi connectivity index (χ3n) is 7.74. The second-order valence-electron chi connectivity index (χ2n) is 12.0. The molecule has 0 aliphatic heterocycles. The van der Waals surface area contributed by atoms with Crippen LogP contribution in [-0.4, -0.2) is 113 Å². The van der Waals surface area contributed by atoms with E-state index in [0.29, 0.717) is 10.1 Å². The van der Waals surface area contributed by atoms with E-state index in [0.717, 1.165) is 23.3 Å². The van der Waals surface area contributed by atoms with Gasteiger partial charge in [-0.15, -0.1) is 0 Å². The molecule has 286 valence electrons. The van der Waals surface area contributed by atoms with Crippen molar-refractivity contribution in [2.75, 3.05) is 13.1 Å². The number of carbonyl (C=O) groups excluding carboxylic acids is 4. The van der Waals surface area contributed by atoms with Crippen LogP contribution < -0.4 is 10.6 Å². The highest BCUT2D eigenvalue weighted by molar-refractivity contribution is 5.94. The molecule has 2 aromatic carbocycles. The van der Waals surface area contributed by atoms with Gasteiger partial charge in [0.15, 0.2) is 5.60 Å². The minimum absolute atomic E-state index is 0.101. The molecule has 2 unspecified atom stereocenters. The van der Waals surface area contributed by atoms with E-state index < -0.39 is 72.1 Å². The Morgan fingerprint density at radius 1 is 0.604 bits per heavy atom. The van der Waals surface area contributed by atoms with Gasteiger partial charge in [-0.3, -0.25) is 29.6 Å². The number of hydrogen-bond donors (Lipinski definition) is 8. The van der Waals surface area contributed by atoms with Gasteiger partial charge < -0.3 is 31.1 Å². The quantitative estimate of drug-likeness (QED) is 0.0351. The summed E-state index contributed by atoms with van der Waals surface area (Å²) in [4.78, 5) is 84.8. The number of hydrogen-bond acceptors (Lipinski definition) is 10. The minimum atomic E-state index is -3.03.